The molecule has 0 radical (unpaired) electrons. The minimum absolute atomic E-state index is 0.361. The molecule has 0 saturated heterocycles. The van der Waals surface area contributed by atoms with Gasteiger partial charge in [0.2, 0.25) is 0 Å². The molecule has 0 spiro atoms. The third-order valence-corrected chi connectivity index (χ3v) is 4.09. The molecule has 0 atom stereocenters. The van der Waals surface area contributed by atoms with Crippen molar-refractivity contribution in [1.29, 1.82) is 0 Å². The van der Waals surface area contributed by atoms with Gasteiger partial charge >= 0.3 is 0 Å². The first-order chi connectivity index (χ1) is 10.9. The second-order valence-electron chi connectivity index (χ2n) is 5.88. The van der Waals surface area contributed by atoms with Crippen molar-refractivity contribution in [2.45, 2.75) is 19.3 Å². The molecular formula is C19H20O4. The van der Waals surface area contributed by atoms with Gasteiger partial charge < -0.3 is 10.2 Å². The summed E-state index contributed by atoms with van der Waals surface area (Å²) in [5.74, 6) is -0.723. The van der Waals surface area contributed by atoms with Gasteiger partial charge in [0.1, 0.15) is 13.2 Å². The number of rotatable bonds is 6. The summed E-state index contributed by atoms with van der Waals surface area (Å²) < 4.78 is 0. The Balaban J connectivity index is 2.65. The Hall–Kier alpha value is -2.30. The van der Waals surface area contributed by atoms with E-state index in [0.29, 0.717) is 11.1 Å². The quantitative estimate of drug-likeness (QED) is 0.803. The molecule has 0 aliphatic rings. The van der Waals surface area contributed by atoms with Crippen LogP contribution >= 0.6 is 0 Å². The van der Waals surface area contributed by atoms with E-state index in [2.05, 4.69) is 0 Å². The largest absolute Gasteiger partial charge is 0.388 e. The summed E-state index contributed by atoms with van der Waals surface area (Å²) in [6, 6.07) is 14.1. The number of Topliss-reactive ketones (excluding diaryl/α,β-unsaturated/α-hetero) is 2. The summed E-state index contributed by atoms with van der Waals surface area (Å²) in [7, 11) is 0. The van der Waals surface area contributed by atoms with E-state index in [1.165, 1.54) is 0 Å². The van der Waals surface area contributed by atoms with E-state index in [0.717, 1.165) is 11.1 Å². The molecule has 2 rings (SSSR count). The number of carbonyl (C=O) groups is 2. The minimum atomic E-state index is -0.636. The predicted molar refractivity (Wildman–Crippen MR) is 87.8 cm³/mol. The molecule has 2 aromatic rings. The maximum atomic E-state index is 12.0. The monoisotopic (exact) mass is 312 g/mol. The summed E-state index contributed by atoms with van der Waals surface area (Å²) in [5.41, 5.74) is 1.70. The first kappa shape index (κ1) is 17.1. The van der Waals surface area contributed by atoms with Crippen LogP contribution in [-0.2, 0) is 5.41 Å². The Kier molecular flexibility index (Phi) is 5.08. The normalized spacial score (nSPS) is 11.3. The first-order valence-corrected chi connectivity index (χ1v) is 7.40. The van der Waals surface area contributed by atoms with Gasteiger partial charge in [0.15, 0.2) is 11.6 Å². The molecule has 0 bridgehead atoms. The van der Waals surface area contributed by atoms with E-state index in [1.54, 1.807) is 24.3 Å². The average molecular weight is 312 g/mol. The molecule has 2 aromatic carbocycles. The third kappa shape index (κ3) is 3.23. The van der Waals surface area contributed by atoms with Gasteiger partial charge in [0.05, 0.1) is 0 Å². The molecule has 0 aromatic heterocycles. The van der Waals surface area contributed by atoms with Crippen molar-refractivity contribution in [3.05, 3.63) is 70.8 Å². The minimum Gasteiger partial charge on any atom is -0.388 e. The second-order valence-corrected chi connectivity index (χ2v) is 5.88. The molecule has 2 N–H and O–H groups in total. The fourth-order valence-electron chi connectivity index (χ4n) is 2.86. The van der Waals surface area contributed by atoms with E-state index < -0.39 is 18.6 Å². The lowest BCUT2D eigenvalue weighted by Crippen LogP contribution is -2.26. The smallest absolute Gasteiger partial charge is 0.188 e. The number of hydrogen-bond acceptors (Lipinski definition) is 4. The van der Waals surface area contributed by atoms with Crippen LogP contribution in [0, 0.1) is 0 Å². The van der Waals surface area contributed by atoms with E-state index in [9.17, 15) is 19.8 Å². The van der Waals surface area contributed by atoms with E-state index in [1.807, 2.05) is 38.1 Å². The molecule has 4 heteroatoms. The number of ketones is 2. The summed E-state index contributed by atoms with van der Waals surface area (Å²) in [4.78, 5) is 24.1. The van der Waals surface area contributed by atoms with Gasteiger partial charge in [-0.1, -0.05) is 62.4 Å². The van der Waals surface area contributed by atoms with Crippen LogP contribution in [-0.4, -0.2) is 35.0 Å². The van der Waals surface area contributed by atoms with Gasteiger partial charge in [-0.25, -0.2) is 0 Å². The standard InChI is InChI=1S/C19H20O4/c1-19(2,15-9-5-3-7-13(15)17(22)11-20)16-10-6-4-8-14(16)18(23)12-21/h3-10,20-21H,11-12H2,1-2H3. The van der Waals surface area contributed by atoms with E-state index >= 15 is 0 Å². The first-order valence-electron chi connectivity index (χ1n) is 7.40. The molecule has 0 fully saturated rings. The Morgan fingerprint density at radius 1 is 0.783 bits per heavy atom. The highest BCUT2D eigenvalue weighted by Crippen LogP contribution is 2.35. The molecule has 4 nitrogen and oxygen atoms in total. The highest BCUT2D eigenvalue weighted by Gasteiger charge is 2.30. The molecule has 0 aliphatic heterocycles. The lowest BCUT2D eigenvalue weighted by Gasteiger charge is -2.30. The molecule has 0 aliphatic carbocycles. The molecule has 0 unspecified atom stereocenters. The van der Waals surface area contributed by atoms with Gasteiger partial charge in [0.25, 0.3) is 0 Å². The van der Waals surface area contributed by atoms with Crippen LogP contribution in [0.4, 0.5) is 0 Å². The number of aliphatic hydroxyl groups excluding tert-OH is 2. The summed E-state index contributed by atoms with van der Waals surface area (Å²) in [5, 5.41) is 18.4. The third-order valence-electron chi connectivity index (χ3n) is 4.09. The van der Waals surface area contributed by atoms with Crippen LogP contribution < -0.4 is 0 Å². The molecular weight excluding hydrogens is 292 g/mol. The summed E-state index contributed by atoms with van der Waals surface area (Å²) in [6.07, 6.45) is 0. The Bertz CT molecular complexity index is 670. The van der Waals surface area contributed by atoms with Crippen molar-refractivity contribution in [1.82, 2.24) is 0 Å². The van der Waals surface area contributed by atoms with Crippen LogP contribution in [0.1, 0.15) is 45.7 Å². The van der Waals surface area contributed by atoms with Crippen LogP contribution in [0.25, 0.3) is 0 Å². The molecule has 0 saturated carbocycles. The topological polar surface area (TPSA) is 74.6 Å². The fourth-order valence-corrected chi connectivity index (χ4v) is 2.86. The number of aliphatic hydroxyl groups is 2. The lowest BCUT2D eigenvalue weighted by molar-refractivity contribution is 0.0898. The average Bonchev–Trinajstić information content (AvgIpc) is 2.60. The Morgan fingerprint density at radius 2 is 1.13 bits per heavy atom. The predicted octanol–water partition coefficient (Wildman–Crippen LogP) is 2.36. The van der Waals surface area contributed by atoms with Crippen molar-refractivity contribution in [3.63, 3.8) is 0 Å². The maximum absolute atomic E-state index is 12.0. The van der Waals surface area contributed by atoms with Crippen molar-refractivity contribution in [3.8, 4) is 0 Å². The maximum Gasteiger partial charge on any atom is 0.188 e. The lowest BCUT2D eigenvalue weighted by atomic mass is 9.73. The second kappa shape index (κ2) is 6.86. The van der Waals surface area contributed by atoms with Gasteiger partial charge in [-0.3, -0.25) is 9.59 Å². The SMILES string of the molecule is CC(C)(c1ccccc1C(=O)CO)c1ccccc1C(=O)CO. The zero-order chi connectivity index (χ0) is 17.0. The number of benzene rings is 2. The van der Waals surface area contributed by atoms with Gasteiger partial charge in [0, 0.05) is 16.5 Å². The van der Waals surface area contributed by atoms with Crippen LogP contribution in [0.2, 0.25) is 0 Å². The number of carbonyl (C=O) groups excluding carboxylic acids is 2. The van der Waals surface area contributed by atoms with Crippen LogP contribution in [0.15, 0.2) is 48.5 Å². The molecule has 0 amide bonds. The van der Waals surface area contributed by atoms with Crippen LogP contribution in [0.5, 0.6) is 0 Å². The van der Waals surface area contributed by atoms with Gasteiger partial charge in [-0.2, -0.15) is 0 Å². The highest BCUT2D eigenvalue weighted by molar-refractivity contribution is 6.00. The Labute approximate surface area is 135 Å². The Morgan fingerprint density at radius 3 is 1.48 bits per heavy atom. The van der Waals surface area contributed by atoms with E-state index in [4.69, 9.17) is 0 Å². The van der Waals surface area contributed by atoms with E-state index in [-0.39, 0.29) is 11.6 Å². The van der Waals surface area contributed by atoms with Crippen molar-refractivity contribution >= 4 is 11.6 Å². The van der Waals surface area contributed by atoms with Gasteiger partial charge in [-0.05, 0) is 11.1 Å². The summed E-state index contributed by atoms with van der Waals surface area (Å²) in [6.45, 7) is 2.70. The molecule has 0 heterocycles. The van der Waals surface area contributed by atoms with Crippen LogP contribution in [0.3, 0.4) is 0 Å². The number of hydrogen-bond donors (Lipinski definition) is 2. The summed E-state index contributed by atoms with van der Waals surface area (Å²) >= 11 is 0. The fraction of sp³-hybridized carbons (Fsp3) is 0.263. The van der Waals surface area contributed by atoms with Gasteiger partial charge in [-0.15, -0.1) is 0 Å². The molecule has 120 valence electrons. The zero-order valence-corrected chi connectivity index (χ0v) is 13.2. The highest BCUT2D eigenvalue weighted by atomic mass is 16.3. The molecule has 23 heavy (non-hydrogen) atoms. The van der Waals surface area contributed by atoms with Crippen molar-refractivity contribution in [2.24, 2.45) is 0 Å². The zero-order valence-electron chi connectivity index (χ0n) is 13.2. The van der Waals surface area contributed by atoms with Crippen molar-refractivity contribution < 1.29 is 19.8 Å². The van der Waals surface area contributed by atoms with Crippen molar-refractivity contribution in [2.75, 3.05) is 13.2 Å².